The third kappa shape index (κ3) is 3.46. The lowest BCUT2D eigenvalue weighted by Crippen LogP contribution is -2.42. The Hall–Kier alpha value is -1.65. The van der Waals surface area contributed by atoms with Gasteiger partial charge in [-0.15, -0.1) is 0 Å². The van der Waals surface area contributed by atoms with E-state index in [4.69, 9.17) is 0 Å². The molecule has 110 valence electrons. The molecule has 20 heavy (non-hydrogen) atoms. The van der Waals surface area contributed by atoms with Crippen molar-refractivity contribution in [1.82, 2.24) is 15.3 Å². The fourth-order valence-corrected chi connectivity index (χ4v) is 2.91. The number of carbonyl (C=O) groups excluding carboxylic acids is 1. The van der Waals surface area contributed by atoms with Crippen LogP contribution in [0, 0.1) is 19.8 Å². The van der Waals surface area contributed by atoms with Gasteiger partial charge in [-0.25, -0.2) is 4.98 Å². The van der Waals surface area contributed by atoms with Crippen LogP contribution in [-0.4, -0.2) is 21.9 Å². The van der Waals surface area contributed by atoms with Crippen LogP contribution in [0.3, 0.4) is 0 Å². The van der Waals surface area contributed by atoms with Crippen LogP contribution in [0.25, 0.3) is 0 Å². The minimum atomic E-state index is -0.207. The highest BCUT2D eigenvalue weighted by atomic mass is 16.2. The summed E-state index contributed by atoms with van der Waals surface area (Å²) < 4.78 is 0. The maximum absolute atomic E-state index is 12.1. The number of nitrogens with zero attached hydrogens (tertiary/aromatic N) is 1. The number of amides is 1. The van der Waals surface area contributed by atoms with Crippen molar-refractivity contribution in [3.8, 4) is 0 Å². The normalized spacial score (nSPS) is 22.6. The number of aryl methyl sites for hydroxylation is 2. The molecule has 0 aromatic carbocycles. The number of aromatic amines is 1. The summed E-state index contributed by atoms with van der Waals surface area (Å²) in [5.41, 5.74) is 0.900. The topological polar surface area (TPSA) is 74.8 Å². The minimum Gasteiger partial charge on any atom is -0.353 e. The zero-order chi connectivity index (χ0) is 14.7. The van der Waals surface area contributed by atoms with Gasteiger partial charge in [0.15, 0.2) is 0 Å². The lowest BCUT2D eigenvalue weighted by molar-refractivity contribution is -0.121. The first-order valence-corrected chi connectivity index (χ1v) is 7.33. The molecule has 0 spiro atoms. The summed E-state index contributed by atoms with van der Waals surface area (Å²) in [7, 11) is 0. The molecule has 1 aromatic rings. The molecule has 1 heterocycles. The molecule has 1 aromatic heterocycles. The maximum atomic E-state index is 12.1. The van der Waals surface area contributed by atoms with Gasteiger partial charge >= 0.3 is 0 Å². The molecule has 2 N–H and O–H groups in total. The van der Waals surface area contributed by atoms with Crippen molar-refractivity contribution >= 4 is 5.91 Å². The molecular weight excluding hydrogens is 254 g/mol. The first kappa shape index (κ1) is 14.8. The first-order chi connectivity index (χ1) is 9.47. The average Bonchev–Trinajstić information content (AvgIpc) is 2.36. The van der Waals surface area contributed by atoms with Gasteiger partial charge in [-0.2, -0.15) is 0 Å². The van der Waals surface area contributed by atoms with Crippen molar-refractivity contribution in [1.29, 1.82) is 0 Å². The second-order valence-electron chi connectivity index (χ2n) is 5.83. The van der Waals surface area contributed by atoms with E-state index in [2.05, 4.69) is 22.2 Å². The third-order valence-electron chi connectivity index (χ3n) is 4.14. The number of aromatic nitrogens is 2. The SMILES string of the molecule is Cc1nc(C)c(CC(=O)N[C@@H]2CCCC[C@@H]2C)c(=O)[nH]1. The van der Waals surface area contributed by atoms with Gasteiger partial charge in [0.2, 0.25) is 5.91 Å². The molecule has 1 aliphatic rings. The van der Waals surface area contributed by atoms with Crippen LogP contribution in [0.5, 0.6) is 0 Å². The van der Waals surface area contributed by atoms with Gasteiger partial charge in [0.25, 0.3) is 5.56 Å². The van der Waals surface area contributed by atoms with E-state index in [0.717, 1.165) is 12.8 Å². The standard InChI is InChI=1S/C15H23N3O2/c1-9-6-4-5-7-13(9)18-14(19)8-12-10(2)16-11(3)17-15(12)20/h9,13H,4-8H2,1-3H3,(H,18,19)(H,16,17,20)/t9-,13+/m0/s1. The van der Waals surface area contributed by atoms with E-state index in [1.165, 1.54) is 12.8 Å². The van der Waals surface area contributed by atoms with Crippen LogP contribution >= 0.6 is 0 Å². The summed E-state index contributed by atoms with van der Waals surface area (Å²) in [4.78, 5) is 30.9. The fourth-order valence-electron chi connectivity index (χ4n) is 2.91. The van der Waals surface area contributed by atoms with Gasteiger partial charge in [-0.1, -0.05) is 19.8 Å². The lowest BCUT2D eigenvalue weighted by atomic mass is 9.86. The van der Waals surface area contributed by atoms with Crippen LogP contribution < -0.4 is 10.9 Å². The molecule has 2 rings (SSSR count). The molecule has 0 radical (unpaired) electrons. The molecule has 1 saturated carbocycles. The monoisotopic (exact) mass is 277 g/mol. The Morgan fingerprint density at radius 2 is 2.05 bits per heavy atom. The van der Waals surface area contributed by atoms with E-state index in [1.54, 1.807) is 13.8 Å². The van der Waals surface area contributed by atoms with Crippen LogP contribution in [0.2, 0.25) is 0 Å². The van der Waals surface area contributed by atoms with Gasteiger partial charge in [0, 0.05) is 17.3 Å². The highest BCUT2D eigenvalue weighted by Crippen LogP contribution is 2.23. The Morgan fingerprint density at radius 1 is 1.35 bits per heavy atom. The Morgan fingerprint density at radius 3 is 2.70 bits per heavy atom. The van der Waals surface area contributed by atoms with Crippen LogP contribution in [0.1, 0.15) is 49.7 Å². The van der Waals surface area contributed by atoms with E-state index < -0.39 is 0 Å². The Bertz CT molecular complexity index is 551. The number of H-pyrrole nitrogens is 1. The first-order valence-electron chi connectivity index (χ1n) is 7.33. The Balaban J connectivity index is 2.03. The smallest absolute Gasteiger partial charge is 0.254 e. The molecule has 0 unspecified atom stereocenters. The van der Waals surface area contributed by atoms with Crippen molar-refractivity contribution in [2.45, 2.75) is 58.9 Å². The number of rotatable bonds is 3. The third-order valence-corrected chi connectivity index (χ3v) is 4.14. The summed E-state index contributed by atoms with van der Waals surface area (Å²) in [5, 5.41) is 3.07. The van der Waals surface area contributed by atoms with E-state index >= 15 is 0 Å². The molecular formula is C15H23N3O2. The second-order valence-corrected chi connectivity index (χ2v) is 5.83. The zero-order valence-electron chi connectivity index (χ0n) is 12.5. The highest BCUT2D eigenvalue weighted by molar-refractivity contribution is 5.79. The van der Waals surface area contributed by atoms with Crippen molar-refractivity contribution in [2.24, 2.45) is 5.92 Å². The van der Waals surface area contributed by atoms with E-state index in [1.807, 2.05) is 0 Å². The minimum absolute atomic E-state index is 0.0806. The van der Waals surface area contributed by atoms with E-state index in [9.17, 15) is 9.59 Å². The molecule has 1 aliphatic carbocycles. The Kier molecular flexibility index (Phi) is 4.57. The molecule has 2 atom stereocenters. The van der Waals surface area contributed by atoms with Gasteiger partial charge in [0.05, 0.1) is 6.42 Å². The quantitative estimate of drug-likeness (QED) is 0.881. The van der Waals surface area contributed by atoms with Gasteiger partial charge in [0.1, 0.15) is 5.82 Å². The predicted octanol–water partition coefficient (Wildman–Crippen LogP) is 1.62. The molecule has 5 heteroatoms. The molecule has 0 aliphatic heterocycles. The number of hydrogen-bond acceptors (Lipinski definition) is 3. The predicted molar refractivity (Wildman–Crippen MR) is 77.6 cm³/mol. The van der Waals surface area contributed by atoms with Gasteiger partial charge < -0.3 is 10.3 Å². The maximum Gasteiger partial charge on any atom is 0.254 e. The fraction of sp³-hybridized carbons (Fsp3) is 0.667. The van der Waals surface area contributed by atoms with Gasteiger partial charge in [-0.3, -0.25) is 9.59 Å². The average molecular weight is 277 g/mol. The molecule has 0 saturated heterocycles. The lowest BCUT2D eigenvalue weighted by Gasteiger charge is -2.29. The Labute approximate surface area is 119 Å². The highest BCUT2D eigenvalue weighted by Gasteiger charge is 2.23. The van der Waals surface area contributed by atoms with E-state index in [0.29, 0.717) is 23.0 Å². The van der Waals surface area contributed by atoms with Gasteiger partial charge in [-0.05, 0) is 32.6 Å². The summed E-state index contributed by atoms with van der Waals surface area (Å²) in [5.74, 6) is 1.02. The van der Waals surface area contributed by atoms with Crippen LogP contribution in [0.15, 0.2) is 4.79 Å². The number of nitrogens with one attached hydrogen (secondary N) is 2. The van der Waals surface area contributed by atoms with E-state index in [-0.39, 0.29) is 23.9 Å². The second kappa shape index (κ2) is 6.20. The van der Waals surface area contributed by atoms with Crippen molar-refractivity contribution in [2.75, 3.05) is 0 Å². The van der Waals surface area contributed by atoms with Crippen LogP contribution in [-0.2, 0) is 11.2 Å². The summed E-state index contributed by atoms with van der Waals surface area (Å²) in [6.07, 6.45) is 4.72. The largest absolute Gasteiger partial charge is 0.353 e. The zero-order valence-corrected chi connectivity index (χ0v) is 12.5. The molecule has 5 nitrogen and oxygen atoms in total. The van der Waals surface area contributed by atoms with Crippen LogP contribution in [0.4, 0.5) is 0 Å². The molecule has 0 bridgehead atoms. The molecule has 1 amide bonds. The van der Waals surface area contributed by atoms with Crippen molar-refractivity contribution in [3.63, 3.8) is 0 Å². The molecule has 1 fully saturated rings. The van der Waals surface area contributed by atoms with Crippen molar-refractivity contribution in [3.05, 3.63) is 27.4 Å². The van der Waals surface area contributed by atoms with Crippen molar-refractivity contribution < 1.29 is 4.79 Å². The number of hydrogen-bond donors (Lipinski definition) is 2. The summed E-state index contributed by atoms with van der Waals surface area (Å²) in [6, 6.07) is 0.244. The summed E-state index contributed by atoms with van der Waals surface area (Å²) >= 11 is 0. The summed E-state index contributed by atoms with van der Waals surface area (Å²) in [6.45, 7) is 5.69. The number of carbonyl (C=O) groups is 1.